The summed E-state index contributed by atoms with van der Waals surface area (Å²) in [6.07, 6.45) is 1.95. The molecule has 0 aliphatic heterocycles. The van der Waals surface area contributed by atoms with Crippen molar-refractivity contribution in [3.8, 4) is 0 Å². The van der Waals surface area contributed by atoms with E-state index in [1.807, 2.05) is 22.9 Å². The number of ether oxygens (including phenoxy) is 1. The first-order chi connectivity index (χ1) is 17.0. The monoisotopic (exact) mass is 523 g/mol. The standard InChI is InChI=1S/C28H41N3O3Si2/c1-23(30-32)27-29-24(20-31(27)22-33-18-19-35(5,6)7)21-34-36(28(2,3)4,25-14-10-8-11-15-25)26-16-12-9-13-17-26/h8-17,20,32H,18-19,21-22H2,1-7H3/b30-23+. The molecule has 0 saturated carbocycles. The first-order valence-corrected chi connectivity index (χ1v) is 18.2. The third-order valence-electron chi connectivity index (χ3n) is 6.38. The number of imidazole rings is 1. The Hall–Kier alpha value is -2.53. The van der Waals surface area contributed by atoms with E-state index < -0.39 is 16.4 Å². The molecule has 1 N–H and O–H groups in total. The maximum atomic E-state index is 9.44. The Balaban J connectivity index is 1.94. The van der Waals surface area contributed by atoms with Gasteiger partial charge in [-0.15, -0.1) is 0 Å². The van der Waals surface area contributed by atoms with E-state index in [1.165, 1.54) is 10.4 Å². The van der Waals surface area contributed by atoms with Gasteiger partial charge in [0.05, 0.1) is 12.3 Å². The highest BCUT2D eigenvalue weighted by Crippen LogP contribution is 2.37. The fourth-order valence-corrected chi connectivity index (χ4v) is 9.73. The van der Waals surface area contributed by atoms with Gasteiger partial charge in [-0.25, -0.2) is 4.98 Å². The summed E-state index contributed by atoms with van der Waals surface area (Å²) in [7, 11) is -3.86. The molecule has 0 atom stereocenters. The van der Waals surface area contributed by atoms with Crippen molar-refractivity contribution < 1.29 is 14.4 Å². The molecule has 1 heterocycles. The number of nitrogens with zero attached hydrogens (tertiary/aromatic N) is 3. The first-order valence-electron chi connectivity index (χ1n) is 12.6. The number of hydrogen-bond donors (Lipinski definition) is 1. The van der Waals surface area contributed by atoms with Crippen molar-refractivity contribution in [2.24, 2.45) is 5.16 Å². The van der Waals surface area contributed by atoms with E-state index in [-0.39, 0.29) is 5.04 Å². The van der Waals surface area contributed by atoms with Gasteiger partial charge in [0.15, 0.2) is 5.82 Å². The number of hydrogen-bond acceptors (Lipinski definition) is 5. The van der Waals surface area contributed by atoms with E-state index in [1.54, 1.807) is 6.92 Å². The quantitative estimate of drug-likeness (QED) is 0.119. The predicted octanol–water partition coefficient (Wildman–Crippen LogP) is 5.47. The van der Waals surface area contributed by atoms with Crippen LogP contribution in [-0.2, 0) is 22.5 Å². The Morgan fingerprint density at radius 3 is 2.00 bits per heavy atom. The van der Waals surface area contributed by atoms with Crippen molar-refractivity contribution in [3.63, 3.8) is 0 Å². The van der Waals surface area contributed by atoms with Gasteiger partial charge in [-0.2, -0.15) is 0 Å². The van der Waals surface area contributed by atoms with Crippen molar-refractivity contribution in [1.82, 2.24) is 9.55 Å². The molecule has 3 rings (SSSR count). The maximum Gasteiger partial charge on any atom is 0.261 e. The van der Waals surface area contributed by atoms with Crippen LogP contribution < -0.4 is 10.4 Å². The summed E-state index contributed by atoms with van der Waals surface area (Å²) in [4.78, 5) is 4.78. The lowest BCUT2D eigenvalue weighted by Crippen LogP contribution is -2.66. The Labute approximate surface area is 218 Å². The second kappa shape index (κ2) is 11.7. The van der Waals surface area contributed by atoms with Crippen molar-refractivity contribution >= 4 is 32.5 Å². The Bertz CT molecular complexity index is 1090. The molecule has 0 aliphatic carbocycles. The fourth-order valence-electron chi connectivity index (χ4n) is 4.46. The van der Waals surface area contributed by atoms with Gasteiger partial charge in [0.2, 0.25) is 0 Å². The summed E-state index contributed by atoms with van der Waals surface area (Å²) < 4.78 is 14.9. The van der Waals surface area contributed by atoms with Crippen LogP contribution in [0.3, 0.4) is 0 Å². The number of rotatable bonds is 11. The third-order valence-corrected chi connectivity index (χ3v) is 13.1. The van der Waals surface area contributed by atoms with Crippen molar-refractivity contribution in [2.75, 3.05) is 6.61 Å². The summed E-state index contributed by atoms with van der Waals surface area (Å²) in [6.45, 7) is 16.9. The minimum atomic E-state index is -2.68. The zero-order chi connectivity index (χ0) is 26.4. The number of oxime groups is 1. The molecule has 0 unspecified atom stereocenters. The van der Waals surface area contributed by atoms with Crippen LogP contribution in [-0.4, -0.2) is 43.5 Å². The van der Waals surface area contributed by atoms with Gasteiger partial charge in [0.1, 0.15) is 12.4 Å². The molecule has 3 aromatic rings. The molecule has 36 heavy (non-hydrogen) atoms. The van der Waals surface area contributed by atoms with Gasteiger partial charge in [-0.05, 0) is 28.4 Å². The van der Waals surface area contributed by atoms with E-state index in [0.717, 1.165) is 11.7 Å². The zero-order valence-corrected chi connectivity index (χ0v) is 24.8. The SMILES string of the molecule is C/C(=N\O)c1nc(CO[Si](c2ccccc2)(c2ccccc2)C(C)(C)C)cn1COCC[Si](C)(C)C. The lowest BCUT2D eigenvalue weighted by Gasteiger charge is -2.42. The van der Waals surface area contributed by atoms with Crippen LogP contribution >= 0.6 is 0 Å². The Morgan fingerprint density at radius 1 is 0.972 bits per heavy atom. The molecule has 6 nitrogen and oxygen atoms in total. The molecule has 8 heteroatoms. The van der Waals surface area contributed by atoms with Crippen LogP contribution in [0.2, 0.25) is 30.7 Å². The maximum absolute atomic E-state index is 9.44. The van der Waals surface area contributed by atoms with Gasteiger partial charge in [0, 0.05) is 20.9 Å². The summed E-state index contributed by atoms with van der Waals surface area (Å²) in [5, 5.41) is 15.2. The summed E-state index contributed by atoms with van der Waals surface area (Å²) in [5.41, 5.74) is 1.23. The van der Waals surface area contributed by atoms with Crippen LogP contribution in [0.15, 0.2) is 72.0 Å². The second-order valence-electron chi connectivity index (χ2n) is 11.5. The fraction of sp³-hybridized carbons (Fsp3) is 0.429. The third kappa shape index (κ3) is 6.61. The van der Waals surface area contributed by atoms with Gasteiger partial charge < -0.3 is 18.9 Å². The highest BCUT2D eigenvalue weighted by Gasteiger charge is 2.50. The van der Waals surface area contributed by atoms with E-state index >= 15 is 0 Å². The number of aromatic nitrogens is 2. The minimum absolute atomic E-state index is 0.121. The van der Waals surface area contributed by atoms with E-state index in [9.17, 15) is 5.21 Å². The highest BCUT2D eigenvalue weighted by atomic mass is 28.4. The molecule has 0 saturated heterocycles. The van der Waals surface area contributed by atoms with Gasteiger partial charge >= 0.3 is 0 Å². The van der Waals surface area contributed by atoms with Gasteiger partial charge in [-0.3, -0.25) is 0 Å². The lowest BCUT2D eigenvalue weighted by atomic mass is 10.2. The molecule has 0 amide bonds. The molecule has 0 radical (unpaired) electrons. The molecule has 1 aromatic heterocycles. The summed E-state index contributed by atoms with van der Waals surface area (Å²) in [6, 6.07) is 22.3. The molecule has 2 aromatic carbocycles. The largest absolute Gasteiger partial charge is 0.411 e. The van der Waals surface area contributed by atoms with E-state index in [0.29, 0.717) is 31.5 Å². The average Bonchev–Trinajstić information content (AvgIpc) is 3.24. The van der Waals surface area contributed by atoms with Crippen LogP contribution in [0, 0.1) is 0 Å². The molecule has 0 fully saturated rings. The van der Waals surface area contributed by atoms with Crippen LogP contribution in [0.1, 0.15) is 39.2 Å². The molecule has 194 valence electrons. The minimum Gasteiger partial charge on any atom is -0.411 e. The van der Waals surface area contributed by atoms with Crippen molar-refractivity contribution in [2.45, 2.75) is 71.8 Å². The summed E-state index contributed by atoms with van der Waals surface area (Å²) in [5.74, 6) is 0.589. The highest BCUT2D eigenvalue weighted by molar-refractivity contribution is 6.99. The molecule has 0 bridgehead atoms. The van der Waals surface area contributed by atoms with Crippen molar-refractivity contribution in [1.29, 1.82) is 0 Å². The summed E-state index contributed by atoms with van der Waals surface area (Å²) >= 11 is 0. The predicted molar refractivity (Wildman–Crippen MR) is 153 cm³/mol. The zero-order valence-electron chi connectivity index (χ0n) is 22.8. The Kier molecular flexibility index (Phi) is 9.10. The molecular weight excluding hydrogens is 482 g/mol. The topological polar surface area (TPSA) is 68.9 Å². The lowest BCUT2D eigenvalue weighted by molar-refractivity contribution is 0.0866. The van der Waals surface area contributed by atoms with Crippen LogP contribution in [0.5, 0.6) is 0 Å². The van der Waals surface area contributed by atoms with Crippen molar-refractivity contribution in [3.05, 3.63) is 78.4 Å². The smallest absolute Gasteiger partial charge is 0.261 e. The second-order valence-corrected chi connectivity index (χ2v) is 21.4. The normalized spacial score (nSPS) is 13.2. The van der Waals surface area contributed by atoms with E-state index in [4.69, 9.17) is 14.1 Å². The molecular formula is C28H41N3O3Si2. The van der Waals surface area contributed by atoms with Crippen LogP contribution in [0.4, 0.5) is 0 Å². The van der Waals surface area contributed by atoms with E-state index in [2.05, 4.69) is 94.1 Å². The number of benzene rings is 2. The molecule has 0 aliphatic rings. The van der Waals surface area contributed by atoms with Gasteiger partial charge in [0.25, 0.3) is 8.32 Å². The first kappa shape index (κ1) is 28.1. The molecule has 0 spiro atoms. The Morgan fingerprint density at radius 2 is 1.53 bits per heavy atom. The average molecular weight is 524 g/mol. The van der Waals surface area contributed by atoms with Gasteiger partial charge in [-0.1, -0.05) is 106 Å². The van der Waals surface area contributed by atoms with Crippen LogP contribution in [0.25, 0.3) is 0 Å².